The maximum absolute atomic E-state index is 11.4. The van der Waals surface area contributed by atoms with Gasteiger partial charge in [-0.15, -0.1) is 0 Å². The highest BCUT2D eigenvalue weighted by atomic mass is 16.4. The van der Waals surface area contributed by atoms with Gasteiger partial charge in [-0.1, -0.05) is 0 Å². The van der Waals surface area contributed by atoms with Crippen LogP contribution in [0.1, 0.15) is 5.69 Å². The number of carbonyl (C=O) groups is 1. The van der Waals surface area contributed by atoms with E-state index in [0.29, 0.717) is 37.8 Å². The van der Waals surface area contributed by atoms with E-state index in [4.69, 9.17) is 5.11 Å². The van der Waals surface area contributed by atoms with Gasteiger partial charge in [-0.3, -0.25) is 19.5 Å². The highest BCUT2D eigenvalue weighted by Crippen LogP contribution is 2.09. The number of aryl methyl sites for hydroxylation is 1. The zero-order valence-corrected chi connectivity index (χ0v) is 10.2. The first-order valence-corrected chi connectivity index (χ1v) is 5.81. The van der Waals surface area contributed by atoms with E-state index < -0.39 is 5.97 Å². The summed E-state index contributed by atoms with van der Waals surface area (Å²) in [6, 6.07) is 1.45. The van der Waals surface area contributed by atoms with E-state index in [0.717, 1.165) is 0 Å². The molecule has 18 heavy (non-hydrogen) atoms. The molecule has 1 saturated heterocycles. The van der Waals surface area contributed by atoms with Crippen molar-refractivity contribution in [2.75, 3.05) is 37.6 Å². The lowest BCUT2D eigenvalue weighted by Gasteiger charge is -2.34. The van der Waals surface area contributed by atoms with Gasteiger partial charge in [-0.05, 0) is 6.92 Å². The standard InChI is InChI=1S/C11H16N4O3/c1-8-6-9(16)13-11(12-8)15-4-2-14(3-5-15)7-10(17)18/h6H,2-5,7H2,1H3,(H,17,18)(H,12,13,16). The minimum absolute atomic E-state index is 0.0611. The SMILES string of the molecule is Cc1cc(=O)[nH]c(N2CCN(CC(=O)O)CC2)n1. The number of carboxylic acids is 1. The summed E-state index contributed by atoms with van der Waals surface area (Å²) in [5.74, 6) is -0.250. The van der Waals surface area contributed by atoms with Gasteiger partial charge in [0.25, 0.3) is 5.56 Å². The molecule has 0 aromatic carbocycles. The third-order valence-corrected chi connectivity index (χ3v) is 2.89. The first-order valence-electron chi connectivity index (χ1n) is 5.81. The molecular formula is C11H16N4O3. The van der Waals surface area contributed by atoms with Crippen LogP contribution in [0.25, 0.3) is 0 Å². The fourth-order valence-corrected chi connectivity index (χ4v) is 2.02. The Bertz CT molecular complexity index is 491. The van der Waals surface area contributed by atoms with Gasteiger partial charge < -0.3 is 10.0 Å². The molecule has 1 aliphatic rings. The Kier molecular flexibility index (Phi) is 3.61. The average Bonchev–Trinajstić information content (AvgIpc) is 2.27. The van der Waals surface area contributed by atoms with Gasteiger partial charge in [0.05, 0.1) is 6.54 Å². The number of hydrogen-bond acceptors (Lipinski definition) is 5. The summed E-state index contributed by atoms with van der Waals surface area (Å²) >= 11 is 0. The third kappa shape index (κ3) is 3.07. The van der Waals surface area contributed by atoms with Crippen LogP contribution in [0.3, 0.4) is 0 Å². The predicted molar refractivity (Wildman–Crippen MR) is 65.9 cm³/mol. The van der Waals surface area contributed by atoms with Crippen molar-refractivity contribution in [3.63, 3.8) is 0 Å². The van der Waals surface area contributed by atoms with Crippen molar-refractivity contribution in [3.8, 4) is 0 Å². The lowest BCUT2D eigenvalue weighted by Crippen LogP contribution is -2.48. The summed E-state index contributed by atoms with van der Waals surface area (Å²) in [5.41, 5.74) is 0.521. The van der Waals surface area contributed by atoms with Crippen LogP contribution in [-0.4, -0.2) is 58.7 Å². The number of rotatable bonds is 3. The van der Waals surface area contributed by atoms with Crippen LogP contribution in [0.15, 0.2) is 10.9 Å². The van der Waals surface area contributed by atoms with Gasteiger partial charge in [-0.2, -0.15) is 0 Å². The van der Waals surface area contributed by atoms with E-state index in [1.807, 2.05) is 9.80 Å². The average molecular weight is 252 g/mol. The normalized spacial score (nSPS) is 16.8. The first-order chi connectivity index (χ1) is 8.54. The number of nitrogens with zero attached hydrogens (tertiary/aromatic N) is 3. The summed E-state index contributed by atoms with van der Waals surface area (Å²) in [5, 5.41) is 8.71. The lowest BCUT2D eigenvalue weighted by atomic mass is 10.3. The van der Waals surface area contributed by atoms with Crippen LogP contribution in [0, 0.1) is 6.92 Å². The molecule has 1 aliphatic heterocycles. The smallest absolute Gasteiger partial charge is 0.317 e. The van der Waals surface area contributed by atoms with E-state index in [1.165, 1.54) is 6.07 Å². The topological polar surface area (TPSA) is 89.5 Å². The molecule has 0 aliphatic carbocycles. The molecule has 0 unspecified atom stereocenters. The van der Waals surface area contributed by atoms with E-state index in [9.17, 15) is 9.59 Å². The second kappa shape index (κ2) is 5.18. The molecule has 0 amide bonds. The number of hydrogen-bond donors (Lipinski definition) is 2. The molecule has 1 fully saturated rings. The van der Waals surface area contributed by atoms with Gasteiger partial charge in [-0.25, -0.2) is 4.98 Å². The van der Waals surface area contributed by atoms with Crippen molar-refractivity contribution in [1.29, 1.82) is 0 Å². The molecule has 7 nitrogen and oxygen atoms in total. The van der Waals surface area contributed by atoms with Crippen molar-refractivity contribution in [3.05, 3.63) is 22.1 Å². The Hall–Kier alpha value is -1.89. The zero-order valence-electron chi connectivity index (χ0n) is 10.2. The summed E-state index contributed by atoms with van der Waals surface area (Å²) < 4.78 is 0. The minimum atomic E-state index is -0.814. The molecule has 0 radical (unpaired) electrons. The van der Waals surface area contributed by atoms with Crippen LogP contribution < -0.4 is 10.5 Å². The number of aliphatic carboxylic acids is 1. The van der Waals surface area contributed by atoms with Crippen LogP contribution >= 0.6 is 0 Å². The summed E-state index contributed by atoms with van der Waals surface area (Å²) in [4.78, 5) is 32.8. The van der Waals surface area contributed by atoms with E-state index in [1.54, 1.807) is 6.92 Å². The van der Waals surface area contributed by atoms with Crippen molar-refractivity contribution in [2.45, 2.75) is 6.92 Å². The number of aromatic nitrogens is 2. The quantitative estimate of drug-likeness (QED) is 0.738. The second-order valence-electron chi connectivity index (χ2n) is 4.37. The lowest BCUT2D eigenvalue weighted by molar-refractivity contribution is -0.138. The van der Waals surface area contributed by atoms with E-state index >= 15 is 0 Å². The van der Waals surface area contributed by atoms with Crippen molar-refractivity contribution in [1.82, 2.24) is 14.9 Å². The van der Waals surface area contributed by atoms with Gasteiger partial charge in [0.15, 0.2) is 0 Å². The molecule has 1 aromatic rings. The van der Waals surface area contributed by atoms with Gasteiger partial charge in [0.1, 0.15) is 0 Å². The highest BCUT2D eigenvalue weighted by Gasteiger charge is 2.20. The van der Waals surface area contributed by atoms with Crippen LogP contribution in [0.4, 0.5) is 5.95 Å². The molecule has 0 atom stereocenters. The zero-order chi connectivity index (χ0) is 13.1. The number of carboxylic acid groups (broad SMARTS) is 1. The molecule has 0 saturated carbocycles. The molecule has 98 valence electrons. The predicted octanol–water partition coefficient (Wildman–Crippen LogP) is -0.715. The molecule has 0 spiro atoms. The number of H-pyrrole nitrogens is 1. The number of piperazine rings is 1. The largest absolute Gasteiger partial charge is 0.480 e. The Morgan fingerprint density at radius 1 is 1.44 bits per heavy atom. The minimum Gasteiger partial charge on any atom is -0.480 e. The first kappa shape index (κ1) is 12.6. The van der Waals surface area contributed by atoms with Gasteiger partial charge >= 0.3 is 5.97 Å². The van der Waals surface area contributed by atoms with Crippen molar-refractivity contribution < 1.29 is 9.90 Å². The summed E-state index contributed by atoms with van der Waals surface area (Å²) in [6.07, 6.45) is 0. The maximum Gasteiger partial charge on any atom is 0.317 e. The fourth-order valence-electron chi connectivity index (χ4n) is 2.02. The van der Waals surface area contributed by atoms with Gasteiger partial charge in [0, 0.05) is 37.9 Å². The van der Waals surface area contributed by atoms with Crippen molar-refractivity contribution >= 4 is 11.9 Å². The molecule has 2 N–H and O–H groups in total. The Morgan fingerprint density at radius 3 is 2.67 bits per heavy atom. The monoisotopic (exact) mass is 252 g/mol. The van der Waals surface area contributed by atoms with Crippen molar-refractivity contribution in [2.24, 2.45) is 0 Å². The molecule has 7 heteroatoms. The Morgan fingerprint density at radius 2 is 2.11 bits per heavy atom. The highest BCUT2D eigenvalue weighted by molar-refractivity contribution is 5.69. The van der Waals surface area contributed by atoms with Crippen LogP contribution in [0.2, 0.25) is 0 Å². The summed E-state index contributed by atoms with van der Waals surface area (Å²) in [6.45, 7) is 4.48. The number of anilines is 1. The molecule has 0 bridgehead atoms. The molecule has 2 heterocycles. The third-order valence-electron chi connectivity index (χ3n) is 2.89. The Labute approximate surface area is 104 Å². The Balaban J connectivity index is 2.01. The van der Waals surface area contributed by atoms with E-state index in [2.05, 4.69) is 9.97 Å². The van der Waals surface area contributed by atoms with Crippen LogP contribution in [0.5, 0.6) is 0 Å². The molecular weight excluding hydrogens is 236 g/mol. The second-order valence-corrected chi connectivity index (χ2v) is 4.37. The fraction of sp³-hybridized carbons (Fsp3) is 0.545. The van der Waals surface area contributed by atoms with Crippen LogP contribution in [-0.2, 0) is 4.79 Å². The van der Waals surface area contributed by atoms with E-state index in [-0.39, 0.29) is 12.1 Å². The molecule has 1 aromatic heterocycles. The summed E-state index contributed by atoms with van der Waals surface area (Å²) in [7, 11) is 0. The number of nitrogens with one attached hydrogen (secondary N) is 1. The maximum atomic E-state index is 11.4. The van der Waals surface area contributed by atoms with Gasteiger partial charge in [0.2, 0.25) is 5.95 Å². The number of aromatic amines is 1. The molecule has 2 rings (SSSR count).